The van der Waals surface area contributed by atoms with E-state index in [1.165, 1.54) is 22.1 Å². The maximum atomic E-state index is 12.9. The highest BCUT2D eigenvalue weighted by atomic mass is 32.2. The maximum absolute atomic E-state index is 12.9. The number of benzene rings is 2. The van der Waals surface area contributed by atoms with Gasteiger partial charge < -0.3 is 9.88 Å². The lowest BCUT2D eigenvalue weighted by molar-refractivity contribution is 0.102. The van der Waals surface area contributed by atoms with E-state index in [-0.39, 0.29) is 10.8 Å². The Labute approximate surface area is 186 Å². The number of anilines is 1. The van der Waals surface area contributed by atoms with Crippen LogP contribution in [0, 0.1) is 0 Å². The van der Waals surface area contributed by atoms with Gasteiger partial charge >= 0.3 is 0 Å². The first-order valence-electron chi connectivity index (χ1n) is 10.1. The highest BCUT2D eigenvalue weighted by Gasteiger charge is 2.26. The fourth-order valence-electron chi connectivity index (χ4n) is 3.42. The first kappa shape index (κ1) is 21.6. The van der Waals surface area contributed by atoms with E-state index in [0.29, 0.717) is 24.3 Å². The van der Waals surface area contributed by atoms with Gasteiger partial charge in [-0.15, -0.1) is 0 Å². The van der Waals surface area contributed by atoms with E-state index in [0.717, 1.165) is 29.3 Å². The monoisotopic (exact) mass is 456 g/mol. The quantitative estimate of drug-likeness (QED) is 0.606. The summed E-state index contributed by atoms with van der Waals surface area (Å²) in [5, 5.41) is 3.71. The zero-order valence-electron chi connectivity index (χ0n) is 17.2. The minimum absolute atomic E-state index is 0.156. The summed E-state index contributed by atoms with van der Waals surface area (Å²) >= 11 is 1.53. The van der Waals surface area contributed by atoms with Gasteiger partial charge in [0.05, 0.1) is 4.90 Å². The van der Waals surface area contributed by atoms with Crippen LogP contribution in [-0.2, 0) is 17.1 Å². The van der Waals surface area contributed by atoms with E-state index in [9.17, 15) is 13.2 Å². The molecule has 2 heterocycles. The third kappa shape index (κ3) is 5.00. The van der Waals surface area contributed by atoms with Gasteiger partial charge in [0.1, 0.15) is 0 Å². The van der Waals surface area contributed by atoms with Crippen molar-refractivity contribution in [2.24, 2.45) is 7.05 Å². The maximum Gasteiger partial charge on any atom is 0.255 e. The molecule has 1 aliphatic rings. The largest absolute Gasteiger partial charge is 0.329 e. The molecule has 1 saturated heterocycles. The zero-order chi connectivity index (χ0) is 21.8. The second-order valence-corrected chi connectivity index (χ2v) is 10.4. The number of rotatable bonds is 6. The van der Waals surface area contributed by atoms with Gasteiger partial charge in [0.25, 0.3) is 5.91 Å². The summed E-state index contributed by atoms with van der Waals surface area (Å²) in [6.45, 7) is 1.06. The van der Waals surface area contributed by atoms with Crippen molar-refractivity contribution in [3.05, 3.63) is 66.5 Å². The van der Waals surface area contributed by atoms with Crippen molar-refractivity contribution in [1.82, 2.24) is 13.9 Å². The summed E-state index contributed by atoms with van der Waals surface area (Å²) in [6.07, 6.45) is 6.42. The lowest BCUT2D eigenvalue weighted by Gasteiger charge is -2.26. The van der Waals surface area contributed by atoms with Gasteiger partial charge in [0, 0.05) is 48.7 Å². The van der Waals surface area contributed by atoms with Crippen LogP contribution in [-0.4, -0.2) is 41.3 Å². The molecule has 1 aliphatic heterocycles. The van der Waals surface area contributed by atoms with E-state index >= 15 is 0 Å². The Balaban J connectivity index is 1.45. The molecule has 0 radical (unpaired) electrons. The van der Waals surface area contributed by atoms with Crippen molar-refractivity contribution >= 4 is 33.4 Å². The molecule has 31 heavy (non-hydrogen) atoms. The highest BCUT2D eigenvalue weighted by Crippen LogP contribution is 2.27. The van der Waals surface area contributed by atoms with Crippen LogP contribution in [0.15, 0.2) is 75.9 Å². The topological polar surface area (TPSA) is 84.3 Å². The molecule has 1 amide bonds. The van der Waals surface area contributed by atoms with Crippen LogP contribution in [0.2, 0.25) is 0 Å². The predicted octanol–water partition coefficient (Wildman–Crippen LogP) is 4.00. The van der Waals surface area contributed by atoms with Gasteiger partial charge in [0.15, 0.2) is 5.16 Å². The number of aromatic nitrogens is 2. The second-order valence-electron chi connectivity index (χ2n) is 7.39. The van der Waals surface area contributed by atoms with E-state index in [1.807, 2.05) is 42.1 Å². The van der Waals surface area contributed by atoms with Crippen LogP contribution in [0.3, 0.4) is 0 Å². The minimum Gasteiger partial charge on any atom is -0.329 e. The fourth-order valence-corrected chi connectivity index (χ4v) is 5.78. The van der Waals surface area contributed by atoms with Gasteiger partial charge in [-0.25, -0.2) is 13.4 Å². The number of imidazole rings is 1. The van der Waals surface area contributed by atoms with Gasteiger partial charge in [-0.3, -0.25) is 4.79 Å². The first-order valence-corrected chi connectivity index (χ1v) is 12.4. The summed E-state index contributed by atoms with van der Waals surface area (Å²) in [5.41, 5.74) is 0.947. The molecular formula is C22H24N4O3S2. The standard InChI is InChI=1S/C22H24N4O3S2/c1-25-15-12-23-22(25)30-19-10-8-18(9-11-19)24-21(27)17-6-5-7-20(16-17)31(28,29)26-13-3-2-4-14-26/h5-12,15-16H,2-4,13-14H2,1H3,(H,24,27). The van der Waals surface area contributed by atoms with Gasteiger partial charge in [-0.2, -0.15) is 4.31 Å². The molecule has 4 rings (SSSR count). The Bertz CT molecular complexity index is 1170. The number of amides is 1. The number of hydrogen-bond donors (Lipinski definition) is 1. The normalized spacial score (nSPS) is 15.0. The average Bonchev–Trinajstić information content (AvgIpc) is 3.20. The summed E-state index contributed by atoms with van der Waals surface area (Å²) in [5.74, 6) is -0.347. The molecule has 1 aromatic heterocycles. The number of nitrogens with zero attached hydrogens (tertiary/aromatic N) is 3. The van der Waals surface area contributed by atoms with Crippen molar-refractivity contribution in [3.8, 4) is 0 Å². The Morgan fingerprint density at radius 2 is 1.81 bits per heavy atom. The Morgan fingerprint density at radius 1 is 1.06 bits per heavy atom. The van der Waals surface area contributed by atoms with Crippen LogP contribution in [0.1, 0.15) is 29.6 Å². The molecular weight excluding hydrogens is 432 g/mol. The summed E-state index contributed by atoms with van der Waals surface area (Å²) in [6, 6.07) is 13.7. The molecule has 0 aliphatic carbocycles. The van der Waals surface area contributed by atoms with Crippen molar-refractivity contribution in [2.75, 3.05) is 18.4 Å². The average molecular weight is 457 g/mol. The van der Waals surface area contributed by atoms with Crippen LogP contribution in [0.5, 0.6) is 0 Å². The van der Waals surface area contributed by atoms with Crippen molar-refractivity contribution < 1.29 is 13.2 Å². The third-order valence-corrected chi connectivity index (χ3v) is 8.13. The number of nitrogens with one attached hydrogen (secondary N) is 1. The van der Waals surface area contributed by atoms with Crippen LogP contribution < -0.4 is 5.32 Å². The number of sulfonamides is 1. The molecule has 0 atom stereocenters. The highest BCUT2D eigenvalue weighted by molar-refractivity contribution is 7.99. The predicted molar refractivity (Wildman–Crippen MR) is 121 cm³/mol. The van der Waals surface area contributed by atoms with Crippen LogP contribution in [0.4, 0.5) is 5.69 Å². The third-order valence-electron chi connectivity index (χ3n) is 5.15. The smallest absolute Gasteiger partial charge is 0.255 e. The Morgan fingerprint density at radius 3 is 2.48 bits per heavy atom. The molecule has 7 nitrogen and oxygen atoms in total. The Kier molecular flexibility index (Phi) is 6.45. The van der Waals surface area contributed by atoms with E-state index < -0.39 is 10.0 Å². The number of hydrogen-bond acceptors (Lipinski definition) is 5. The van der Waals surface area contributed by atoms with Crippen molar-refractivity contribution in [2.45, 2.75) is 34.2 Å². The van der Waals surface area contributed by atoms with Crippen molar-refractivity contribution in [3.63, 3.8) is 0 Å². The summed E-state index contributed by atoms with van der Waals surface area (Å²) < 4.78 is 29.2. The van der Waals surface area contributed by atoms with E-state index in [2.05, 4.69) is 10.3 Å². The van der Waals surface area contributed by atoms with E-state index in [4.69, 9.17) is 0 Å². The number of carbonyl (C=O) groups is 1. The second kappa shape index (κ2) is 9.25. The molecule has 1 N–H and O–H groups in total. The number of aryl methyl sites for hydroxylation is 1. The first-order chi connectivity index (χ1) is 14.9. The minimum atomic E-state index is -3.58. The SMILES string of the molecule is Cn1ccnc1Sc1ccc(NC(=O)c2cccc(S(=O)(=O)N3CCCCC3)c2)cc1. The molecule has 0 bridgehead atoms. The van der Waals surface area contributed by atoms with Gasteiger partial charge in [-0.05, 0) is 55.3 Å². The zero-order valence-corrected chi connectivity index (χ0v) is 18.8. The van der Waals surface area contributed by atoms with Gasteiger partial charge in [-0.1, -0.05) is 24.2 Å². The lowest BCUT2D eigenvalue weighted by Crippen LogP contribution is -2.35. The fraction of sp³-hybridized carbons (Fsp3) is 0.273. The molecule has 1 fully saturated rings. The molecule has 2 aromatic carbocycles. The van der Waals surface area contributed by atoms with Gasteiger partial charge in [0.2, 0.25) is 10.0 Å². The molecule has 0 spiro atoms. The molecule has 162 valence electrons. The molecule has 3 aromatic rings. The molecule has 9 heteroatoms. The summed E-state index contributed by atoms with van der Waals surface area (Å²) in [7, 11) is -1.65. The van der Waals surface area contributed by atoms with Crippen molar-refractivity contribution in [1.29, 1.82) is 0 Å². The molecule has 0 saturated carbocycles. The lowest BCUT2D eigenvalue weighted by atomic mass is 10.2. The number of carbonyl (C=O) groups excluding carboxylic acids is 1. The molecule has 0 unspecified atom stereocenters. The number of piperidine rings is 1. The van der Waals surface area contributed by atoms with Crippen LogP contribution in [0.25, 0.3) is 0 Å². The van der Waals surface area contributed by atoms with Crippen LogP contribution >= 0.6 is 11.8 Å². The summed E-state index contributed by atoms with van der Waals surface area (Å²) in [4.78, 5) is 18.2. The van der Waals surface area contributed by atoms with E-state index in [1.54, 1.807) is 24.4 Å². The Hall–Kier alpha value is -2.62.